The fourth-order valence-corrected chi connectivity index (χ4v) is 4.93. The first-order valence-corrected chi connectivity index (χ1v) is 12.0. The average Bonchev–Trinajstić information content (AvgIpc) is 3.34. The highest BCUT2D eigenvalue weighted by atomic mass is 32.2. The lowest BCUT2D eigenvalue weighted by molar-refractivity contribution is -0.119. The lowest BCUT2D eigenvalue weighted by Gasteiger charge is -2.17. The molecule has 156 valence electrons. The Morgan fingerprint density at radius 3 is 2.52 bits per heavy atom. The Labute approximate surface area is 188 Å². The summed E-state index contributed by atoms with van der Waals surface area (Å²) < 4.78 is 2.09. The van der Waals surface area contributed by atoms with Crippen LogP contribution in [0.4, 0.5) is 0 Å². The normalized spacial score (nSPS) is 14.3. The van der Waals surface area contributed by atoms with Crippen molar-refractivity contribution < 1.29 is 4.79 Å². The second-order valence-electron chi connectivity index (χ2n) is 7.36. The maximum Gasteiger partial charge on any atom is 0.231 e. The van der Waals surface area contributed by atoms with Gasteiger partial charge in [0.1, 0.15) is 16.9 Å². The molecule has 8 heteroatoms. The Bertz CT molecular complexity index is 1140. The fourth-order valence-electron chi connectivity index (χ4n) is 3.44. The molecule has 1 aliphatic rings. The van der Waals surface area contributed by atoms with Crippen molar-refractivity contribution in [2.24, 2.45) is 0 Å². The van der Waals surface area contributed by atoms with Gasteiger partial charge in [0, 0.05) is 23.2 Å². The lowest BCUT2D eigenvalue weighted by atomic mass is 10.1. The number of benzene rings is 2. The first kappa shape index (κ1) is 20.0. The van der Waals surface area contributed by atoms with Crippen molar-refractivity contribution in [3.63, 3.8) is 0 Å². The molecule has 2 heterocycles. The molecule has 1 fully saturated rings. The second-order valence-corrected chi connectivity index (χ2v) is 9.22. The molecule has 0 bridgehead atoms. The number of nitrogens with one attached hydrogen (secondary N) is 1. The quantitative estimate of drug-likeness (QED) is 0.400. The zero-order valence-electron chi connectivity index (χ0n) is 16.7. The van der Waals surface area contributed by atoms with Gasteiger partial charge in [-0.2, -0.15) is 0 Å². The number of aromatic nitrogens is 4. The molecule has 1 aliphatic carbocycles. The summed E-state index contributed by atoms with van der Waals surface area (Å²) in [4.78, 5) is 17.3. The molecule has 6 nitrogen and oxygen atoms in total. The molecule has 31 heavy (non-hydrogen) atoms. The predicted octanol–water partition coefficient (Wildman–Crippen LogP) is 4.60. The van der Waals surface area contributed by atoms with E-state index in [4.69, 9.17) is 0 Å². The van der Waals surface area contributed by atoms with Crippen LogP contribution >= 0.6 is 23.1 Å². The van der Waals surface area contributed by atoms with E-state index >= 15 is 0 Å². The molecule has 1 amide bonds. The van der Waals surface area contributed by atoms with E-state index < -0.39 is 0 Å². The molecule has 2 aromatic carbocycles. The molecule has 1 saturated carbocycles. The number of carbonyl (C=O) groups is 1. The van der Waals surface area contributed by atoms with Gasteiger partial charge in [-0.15, -0.1) is 21.5 Å². The maximum absolute atomic E-state index is 12.9. The van der Waals surface area contributed by atoms with Gasteiger partial charge in [-0.1, -0.05) is 60.3 Å². The van der Waals surface area contributed by atoms with Crippen LogP contribution < -0.4 is 5.32 Å². The summed E-state index contributed by atoms with van der Waals surface area (Å²) in [6.07, 6.45) is 4.05. The summed E-state index contributed by atoms with van der Waals surface area (Å²) in [6, 6.07) is 19.8. The minimum absolute atomic E-state index is 0.0652. The number of nitrogens with zero attached hydrogens (tertiary/aromatic N) is 4. The van der Waals surface area contributed by atoms with Crippen molar-refractivity contribution in [3.8, 4) is 5.69 Å². The monoisotopic (exact) mass is 447 g/mol. The molecule has 0 spiro atoms. The lowest BCUT2D eigenvalue weighted by Crippen LogP contribution is -2.30. The van der Waals surface area contributed by atoms with Gasteiger partial charge in [0.25, 0.3) is 0 Å². The van der Waals surface area contributed by atoms with Gasteiger partial charge < -0.3 is 5.32 Å². The molecule has 0 saturated heterocycles. The third kappa shape index (κ3) is 4.55. The van der Waals surface area contributed by atoms with E-state index in [1.807, 2.05) is 66.0 Å². The van der Waals surface area contributed by atoms with Crippen LogP contribution in [0.5, 0.6) is 0 Å². The number of rotatable bonds is 8. The van der Waals surface area contributed by atoms with Crippen LogP contribution in [-0.2, 0) is 4.79 Å². The van der Waals surface area contributed by atoms with Crippen molar-refractivity contribution in [3.05, 3.63) is 88.6 Å². The fraction of sp³-hybridized carbons (Fsp3) is 0.217. The number of thioether (sulfide) groups is 1. The first-order valence-electron chi connectivity index (χ1n) is 10.2. The van der Waals surface area contributed by atoms with Gasteiger partial charge in [0.2, 0.25) is 5.91 Å². The smallest absolute Gasteiger partial charge is 0.231 e. The molecule has 1 atom stereocenters. The van der Waals surface area contributed by atoms with Crippen molar-refractivity contribution in [1.82, 2.24) is 25.1 Å². The zero-order chi connectivity index (χ0) is 21.0. The van der Waals surface area contributed by atoms with Gasteiger partial charge in [0.15, 0.2) is 5.16 Å². The van der Waals surface area contributed by atoms with Crippen molar-refractivity contribution in [2.45, 2.75) is 30.0 Å². The molecule has 5 rings (SSSR count). The summed E-state index contributed by atoms with van der Waals surface area (Å²) in [6.45, 7) is 0. The van der Waals surface area contributed by atoms with Crippen LogP contribution in [0, 0.1) is 0 Å². The molecule has 0 radical (unpaired) electrons. The van der Waals surface area contributed by atoms with Crippen LogP contribution in [-0.4, -0.2) is 31.4 Å². The van der Waals surface area contributed by atoms with E-state index in [1.165, 1.54) is 23.1 Å². The molecule has 1 unspecified atom stereocenters. The molecular formula is C23H21N5OS2. The maximum atomic E-state index is 12.9. The summed E-state index contributed by atoms with van der Waals surface area (Å²) >= 11 is 2.95. The van der Waals surface area contributed by atoms with Gasteiger partial charge in [0.05, 0.1) is 5.75 Å². The summed E-state index contributed by atoms with van der Waals surface area (Å²) in [5, 5.41) is 15.5. The van der Waals surface area contributed by atoms with E-state index in [1.54, 1.807) is 6.20 Å². The van der Waals surface area contributed by atoms with Crippen molar-refractivity contribution >= 4 is 29.0 Å². The van der Waals surface area contributed by atoms with Crippen molar-refractivity contribution in [2.75, 3.05) is 5.75 Å². The molecular weight excluding hydrogens is 426 g/mol. The predicted molar refractivity (Wildman–Crippen MR) is 123 cm³/mol. The molecule has 2 aromatic heterocycles. The van der Waals surface area contributed by atoms with Crippen LogP contribution in [0.25, 0.3) is 5.69 Å². The Hall–Kier alpha value is -2.97. The SMILES string of the molecule is O=C(CSc1nnc(C2CC2)n1-c1ccccc1)NC(c1ccccc1)c1nccs1. The van der Waals surface area contributed by atoms with Gasteiger partial charge in [-0.05, 0) is 30.5 Å². The van der Waals surface area contributed by atoms with E-state index in [0.29, 0.717) is 5.92 Å². The minimum Gasteiger partial charge on any atom is -0.342 e. The van der Waals surface area contributed by atoms with Crippen LogP contribution in [0.3, 0.4) is 0 Å². The third-order valence-corrected chi connectivity index (χ3v) is 6.85. The Kier molecular flexibility index (Phi) is 5.82. The minimum atomic E-state index is -0.261. The Balaban J connectivity index is 1.33. The van der Waals surface area contributed by atoms with Crippen molar-refractivity contribution in [1.29, 1.82) is 0 Å². The third-order valence-electron chi connectivity index (χ3n) is 5.08. The number of amides is 1. The van der Waals surface area contributed by atoms with E-state index in [-0.39, 0.29) is 17.7 Å². The molecule has 4 aromatic rings. The highest BCUT2D eigenvalue weighted by Crippen LogP contribution is 2.41. The number of hydrogen-bond donors (Lipinski definition) is 1. The summed E-state index contributed by atoms with van der Waals surface area (Å²) in [5.41, 5.74) is 2.04. The highest BCUT2D eigenvalue weighted by molar-refractivity contribution is 7.99. The van der Waals surface area contributed by atoms with Gasteiger partial charge in [-0.3, -0.25) is 9.36 Å². The second kappa shape index (κ2) is 9.03. The summed E-state index contributed by atoms with van der Waals surface area (Å²) in [5.74, 6) is 1.64. The van der Waals surface area contributed by atoms with E-state index in [0.717, 1.165) is 40.1 Å². The van der Waals surface area contributed by atoms with Crippen LogP contribution in [0.15, 0.2) is 77.4 Å². The van der Waals surface area contributed by atoms with Crippen LogP contribution in [0.1, 0.15) is 41.2 Å². The van der Waals surface area contributed by atoms with Gasteiger partial charge in [-0.25, -0.2) is 4.98 Å². The molecule has 0 aliphatic heterocycles. The van der Waals surface area contributed by atoms with Crippen LogP contribution in [0.2, 0.25) is 0 Å². The highest BCUT2D eigenvalue weighted by Gasteiger charge is 2.31. The van der Waals surface area contributed by atoms with E-state index in [2.05, 4.69) is 25.1 Å². The average molecular weight is 448 g/mol. The van der Waals surface area contributed by atoms with E-state index in [9.17, 15) is 4.79 Å². The Morgan fingerprint density at radius 1 is 1.10 bits per heavy atom. The zero-order valence-corrected chi connectivity index (χ0v) is 18.4. The Morgan fingerprint density at radius 2 is 1.84 bits per heavy atom. The number of carbonyl (C=O) groups excluding carboxylic acids is 1. The number of hydrogen-bond acceptors (Lipinski definition) is 6. The number of thiazole rings is 1. The van der Waals surface area contributed by atoms with Gasteiger partial charge >= 0.3 is 0 Å². The topological polar surface area (TPSA) is 72.7 Å². The standard InChI is InChI=1S/C23H21N5OS2/c29-19(25-20(22-24-13-14-30-22)16-7-3-1-4-8-16)15-31-23-27-26-21(17-11-12-17)28(23)18-9-5-2-6-10-18/h1-10,13-14,17,20H,11-12,15H2,(H,25,29). The molecule has 1 N–H and O–H groups in total. The first-order chi connectivity index (χ1) is 15.3. The summed E-state index contributed by atoms with van der Waals surface area (Å²) in [7, 11) is 0. The largest absolute Gasteiger partial charge is 0.342 e. The number of para-hydroxylation sites is 1.